The standard InChI is InChI=1S/C28H40N4O3/c1-20(2)19-31-27(34)25(21(3)32(28(31)35)24-13-9-6-10-14-24)30-17-15-22(16-18-30)26(33)29-23-11-7-4-5-8-12-23/h6,9-10,13-14,20,22-23H,4-5,7-8,11-12,15-19H2,1-3H3,(H,29,33). The first-order chi connectivity index (χ1) is 16.9. The lowest BCUT2D eigenvalue weighted by Crippen LogP contribution is -2.48. The third-order valence-electron chi connectivity index (χ3n) is 7.49. The van der Waals surface area contributed by atoms with E-state index in [1.54, 1.807) is 4.57 Å². The number of benzene rings is 1. The Morgan fingerprint density at radius 3 is 2.20 bits per heavy atom. The van der Waals surface area contributed by atoms with Crippen LogP contribution in [-0.2, 0) is 11.3 Å². The van der Waals surface area contributed by atoms with E-state index < -0.39 is 0 Å². The van der Waals surface area contributed by atoms with Gasteiger partial charge < -0.3 is 10.2 Å². The highest BCUT2D eigenvalue weighted by Gasteiger charge is 2.30. The molecule has 0 radical (unpaired) electrons. The minimum Gasteiger partial charge on any atom is -0.366 e. The summed E-state index contributed by atoms with van der Waals surface area (Å²) in [4.78, 5) is 42.0. The fourth-order valence-electron chi connectivity index (χ4n) is 5.62. The number of anilines is 1. The molecule has 0 unspecified atom stereocenters. The van der Waals surface area contributed by atoms with E-state index in [0.29, 0.717) is 49.9 Å². The molecule has 2 fully saturated rings. The highest BCUT2D eigenvalue weighted by molar-refractivity contribution is 5.79. The first-order valence-electron chi connectivity index (χ1n) is 13.3. The van der Waals surface area contributed by atoms with Crippen molar-refractivity contribution < 1.29 is 4.79 Å². The van der Waals surface area contributed by atoms with E-state index in [2.05, 4.69) is 10.2 Å². The van der Waals surface area contributed by atoms with Gasteiger partial charge in [-0.3, -0.25) is 18.7 Å². The van der Waals surface area contributed by atoms with Gasteiger partial charge in [-0.15, -0.1) is 0 Å². The minimum absolute atomic E-state index is 0.0206. The first kappa shape index (κ1) is 25.3. The maximum absolute atomic E-state index is 13.6. The van der Waals surface area contributed by atoms with Gasteiger partial charge in [0.25, 0.3) is 5.56 Å². The number of carbonyl (C=O) groups excluding carboxylic acids is 1. The quantitative estimate of drug-likeness (QED) is 0.634. The van der Waals surface area contributed by atoms with Crippen LogP contribution in [0.15, 0.2) is 39.9 Å². The van der Waals surface area contributed by atoms with Crippen LogP contribution in [0.2, 0.25) is 0 Å². The number of hydrogen-bond acceptors (Lipinski definition) is 4. The zero-order valence-electron chi connectivity index (χ0n) is 21.5. The van der Waals surface area contributed by atoms with Crippen LogP contribution in [0.3, 0.4) is 0 Å². The van der Waals surface area contributed by atoms with Crippen LogP contribution in [0.5, 0.6) is 0 Å². The summed E-state index contributed by atoms with van der Waals surface area (Å²) in [5.74, 6) is 0.311. The molecule has 2 heterocycles. The van der Waals surface area contributed by atoms with Crippen molar-refractivity contribution in [2.45, 2.75) is 84.7 Å². The van der Waals surface area contributed by atoms with Crippen LogP contribution in [0.1, 0.15) is 70.9 Å². The smallest absolute Gasteiger partial charge is 0.335 e. The van der Waals surface area contributed by atoms with E-state index in [1.807, 2.05) is 51.1 Å². The van der Waals surface area contributed by atoms with Gasteiger partial charge in [0.1, 0.15) is 5.69 Å². The molecule has 0 atom stereocenters. The third-order valence-corrected chi connectivity index (χ3v) is 7.49. The highest BCUT2D eigenvalue weighted by atomic mass is 16.2. The molecule has 1 aromatic carbocycles. The Balaban J connectivity index is 1.57. The molecule has 2 aliphatic rings. The third kappa shape index (κ3) is 5.71. The van der Waals surface area contributed by atoms with Crippen LogP contribution in [-0.4, -0.2) is 34.2 Å². The zero-order valence-corrected chi connectivity index (χ0v) is 21.5. The average molecular weight is 481 g/mol. The van der Waals surface area contributed by atoms with Crippen LogP contribution >= 0.6 is 0 Å². The molecule has 7 heteroatoms. The number of nitrogens with one attached hydrogen (secondary N) is 1. The molecule has 1 amide bonds. The van der Waals surface area contributed by atoms with Crippen molar-refractivity contribution in [3.63, 3.8) is 0 Å². The molecule has 190 valence electrons. The van der Waals surface area contributed by atoms with Crippen molar-refractivity contribution in [1.29, 1.82) is 0 Å². The van der Waals surface area contributed by atoms with Gasteiger partial charge >= 0.3 is 5.69 Å². The lowest BCUT2D eigenvalue weighted by atomic mass is 9.94. The summed E-state index contributed by atoms with van der Waals surface area (Å²) in [6.07, 6.45) is 8.52. The minimum atomic E-state index is -0.297. The summed E-state index contributed by atoms with van der Waals surface area (Å²) in [5, 5.41) is 3.31. The molecule has 1 aromatic heterocycles. The molecule has 1 saturated heterocycles. The van der Waals surface area contributed by atoms with Gasteiger partial charge in [-0.2, -0.15) is 0 Å². The number of hydrogen-bond donors (Lipinski definition) is 1. The largest absolute Gasteiger partial charge is 0.366 e. The van der Waals surface area contributed by atoms with E-state index in [4.69, 9.17) is 0 Å². The summed E-state index contributed by atoms with van der Waals surface area (Å²) in [6, 6.07) is 9.82. The summed E-state index contributed by atoms with van der Waals surface area (Å²) >= 11 is 0. The maximum atomic E-state index is 13.6. The lowest BCUT2D eigenvalue weighted by molar-refractivity contribution is -0.126. The van der Waals surface area contributed by atoms with Gasteiger partial charge in [-0.25, -0.2) is 4.79 Å². The predicted octanol–water partition coefficient (Wildman–Crippen LogP) is 4.02. The van der Waals surface area contributed by atoms with Crippen LogP contribution in [0.4, 0.5) is 5.69 Å². The molecule has 1 saturated carbocycles. The first-order valence-corrected chi connectivity index (χ1v) is 13.3. The Bertz CT molecular complexity index is 1120. The molecule has 0 spiro atoms. The topological polar surface area (TPSA) is 76.3 Å². The average Bonchev–Trinajstić information content (AvgIpc) is 3.11. The van der Waals surface area contributed by atoms with E-state index in [-0.39, 0.29) is 29.0 Å². The predicted molar refractivity (Wildman–Crippen MR) is 140 cm³/mol. The number of rotatable bonds is 6. The fourth-order valence-corrected chi connectivity index (χ4v) is 5.62. The van der Waals surface area contributed by atoms with Crippen molar-refractivity contribution in [2.75, 3.05) is 18.0 Å². The molecule has 1 N–H and O–H groups in total. The van der Waals surface area contributed by atoms with E-state index in [9.17, 15) is 14.4 Å². The molecule has 0 bridgehead atoms. The van der Waals surface area contributed by atoms with Crippen molar-refractivity contribution in [3.05, 3.63) is 56.9 Å². The number of para-hydroxylation sites is 1. The summed E-state index contributed by atoms with van der Waals surface area (Å²) in [7, 11) is 0. The van der Waals surface area contributed by atoms with Crippen molar-refractivity contribution >= 4 is 11.6 Å². The second-order valence-corrected chi connectivity index (χ2v) is 10.7. The molecule has 4 rings (SSSR count). The number of aromatic nitrogens is 2. The monoisotopic (exact) mass is 480 g/mol. The number of nitrogens with zero attached hydrogens (tertiary/aromatic N) is 3. The van der Waals surface area contributed by atoms with Gasteiger partial charge in [0.15, 0.2) is 0 Å². The fraction of sp³-hybridized carbons (Fsp3) is 0.607. The van der Waals surface area contributed by atoms with Crippen molar-refractivity contribution in [1.82, 2.24) is 14.5 Å². The Labute approximate surface area is 208 Å². The summed E-state index contributed by atoms with van der Waals surface area (Å²) in [5.41, 5.74) is 1.47. The molecule has 35 heavy (non-hydrogen) atoms. The molecule has 7 nitrogen and oxygen atoms in total. The van der Waals surface area contributed by atoms with Gasteiger partial charge in [-0.1, -0.05) is 57.7 Å². The lowest BCUT2D eigenvalue weighted by Gasteiger charge is -2.34. The van der Waals surface area contributed by atoms with Crippen LogP contribution < -0.4 is 21.5 Å². The molecule has 1 aliphatic carbocycles. The van der Waals surface area contributed by atoms with E-state index in [0.717, 1.165) is 18.5 Å². The SMILES string of the molecule is Cc1c(N2CCC(C(=O)NC3CCCCCC3)CC2)c(=O)n(CC(C)C)c(=O)n1-c1ccccc1. The summed E-state index contributed by atoms with van der Waals surface area (Å²) < 4.78 is 3.04. The number of amides is 1. The van der Waals surface area contributed by atoms with Crippen LogP contribution in [0.25, 0.3) is 5.69 Å². The highest BCUT2D eigenvalue weighted by Crippen LogP contribution is 2.25. The summed E-state index contributed by atoms with van der Waals surface area (Å²) in [6.45, 7) is 7.52. The Morgan fingerprint density at radius 2 is 1.60 bits per heavy atom. The van der Waals surface area contributed by atoms with E-state index >= 15 is 0 Å². The van der Waals surface area contributed by atoms with Crippen LogP contribution in [0, 0.1) is 18.8 Å². The Morgan fingerprint density at radius 1 is 0.971 bits per heavy atom. The molecule has 1 aliphatic heterocycles. The van der Waals surface area contributed by atoms with Gasteiger partial charge in [-0.05, 0) is 50.7 Å². The second-order valence-electron chi connectivity index (χ2n) is 10.7. The zero-order chi connectivity index (χ0) is 24.9. The molecular weight excluding hydrogens is 440 g/mol. The van der Waals surface area contributed by atoms with Crippen molar-refractivity contribution in [3.8, 4) is 5.69 Å². The molecular formula is C28H40N4O3. The number of carbonyl (C=O) groups is 1. The molecule has 2 aromatic rings. The maximum Gasteiger partial charge on any atom is 0.335 e. The van der Waals surface area contributed by atoms with Gasteiger partial charge in [0, 0.05) is 31.6 Å². The normalized spacial score (nSPS) is 18.0. The van der Waals surface area contributed by atoms with Gasteiger partial charge in [0.2, 0.25) is 5.91 Å². The number of piperidine rings is 1. The van der Waals surface area contributed by atoms with Gasteiger partial charge in [0.05, 0.1) is 11.4 Å². The Kier molecular flexibility index (Phi) is 8.14. The van der Waals surface area contributed by atoms with Crippen molar-refractivity contribution in [2.24, 2.45) is 11.8 Å². The van der Waals surface area contributed by atoms with E-state index in [1.165, 1.54) is 30.3 Å². The second kappa shape index (κ2) is 11.3. The Hall–Kier alpha value is -2.83.